The lowest BCUT2D eigenvalue weighted by atomic mass is 10.5. The van der Waals surface area contributed by atoms with Crippen molar-refractivity contribution in [1.82, 2.24) is 9.78 Å². The van der Waals surface area contributed by atoms with Crippen molar-refractivity contribution in [2.75, 3.05) is 58.6 Å². The molecule has 0 aliphatic carbocycles. The van der Waals surface area contributed by atoms with E-state index in [4.69, 9.17) is 24.7 Å². The van der Waals surface area contributed by atoms with Crippen molar-refractivity contribution >= 4 is 5.69 Å². The molecule has 1 heterocycles. The largest absolute Gasteiger partial charge is 0.396 e. The number of hydrogen-bond acceptors (Lipinski definition) is 6. The van der Waals surface area contributed by atoms with Gasteiger partial charge in [0.1, 0.15) is 0 Å². The molecule has 0 radical (unpaired) electrons. The normalized spacial score (nSPS) is 11.1. The minimum atomic E-state index is 0.566. The van der Waals surface area contributed by atoms with E-state index >= 15 is 0 Å². The van der Waals surface area contributed by atoms with Crippen LogP contribution in [-0.2, 0) is 25.5 Å². The smallest absolute Gasteiger partial charge is 0.0719 e. The van der Waals surface area contributed by atoms with Crippen molar-refractivity contribution in [3.05, 3.63) is 12.4 Å². The maximum Gasteiger partial charge on any atom is 0.0719 e. The molecule has 0 unspecified atom stereocenters. The van der Waals surface area contributed by atoms with Gasteiger partial charge in [0.25, 0.3) is 0 Å². The molecule has 1 rings (SSSR count). The Morgan fingerprint density at radius 2 is 1.43 bits per heavy atom. The van der Waals surface area contributed by atoms with E-state index in [0.29, 0.717) is 58.5 Å². The van der Waals surface area contributed by atoms with Crippen molar-refractivity contribution in [3.8, 4) is 0 Å². The van der Waals surface area contributed by atoms with Crippen LogP contribution in [0.15, 0.2) is 12.4 Å². The zero-order valence-electron chi connectivity index (χ0n) is 12.8. The van der Waals surface area contributed by atoms with E-state index in [-0.39, 0.29) is 0 Å². The first-order valence-electron chi connectivity index (χ1n) is 7.42. The third kappa shape index (κ3) is 10.3. The molecule has 7 heteroatoms. The zero-order chi connectivity index (χ0) is 15.2. The van der Waals surface area contributed by atoms with Crippen molar-refractivity contribution in [1.29, 1.82) is 0 Å². The number of rotatable bonds is 14. The van der Waals surface area contributed by atoms with Gasteiger partial charge in [-0.15, -0.1) is 0 Å². The Morgan fingerprint density at radius 3 is 1.90 bits per heavy atom. The van der Waals surface area contributed by atoms with E-state index in [0.717, 1.165) is 13.0 Å². The fraction of sp³-hybridized carbons (Fsp3) is 0.786. The molecule has 0 saturated carbocycles. The lowest BCUT2D eigenvalue weighted by Crippen LogP contribution is -2.13. The van der Waals surface area contributed by atoms with Gasteiger partial charge in [0, 0.05) is 12.8 Å². The fourth-order valence-corrected chi connectivity index (χ4v) is 1.57. The van der Waals surface area contributed by atoms with E-state index < -0.39 is 0 Å². The van der Waals surface area contributed by atoms with Gasteiger partial charge in [-0.1, -0.05) is 6.92 Å². The summed E-state index contributed by atoms with van der Waals surface area (Å²) in [5.41, 5.74) is 6.22. The minimum absolute atomic E-state index is 0.566. The second kappa shape index (κ2) is 12.6. The van der Waals surface area contributed by atoms with Gasteiger partial charge in [-0.25, -0.2) is 0 Å². The lowest BCUT2D eigenvalue weighted by Gasteiger charge is -2.07. The standard InChI is InChI=1S/C14H27N3O4/c1-2-4-18-6-8-20-10-11-21-9-7-19-5-3-17-13-14(15)12-16-17/h12-13H,2-11,15H2,1H3. The summed E-state index contributed by atoms with van der Waals surface area (Å²) >= 11 is 0. The minimum Gasteiger partial charge on any atom is -0.396 e. The van der Waals surface area contributed by atoms with Crippen LogP contribution in [0.5, 0.6) is 0 Å². The van der Waals surface area contributed by atoms with Gasteiger partial charge in [0.2, 0.25) is 0 Å². The second-order valence-electron chi connectivity index (χ2n) is 4.49. The monoisotopic (exact) mass is 301 g/mol. The van der Waals surface area contributed by atoms with Crippen LogP contribution in [0.3, 0.4) is 0 Å². The summed E-state index contributed by atoms with van der Waals surface area (Å²) in [5.74, 6) is 0. The first kappa shape index (κ1) is 17.9. The van der Waals surface area contributed by atoms with Gasteiger partial charge in [-0.3, -0.25) is 4.68 Å². The Kier molecular flexibility index (Phi) is 10.7. The maximum absolute atomic E-state index is 5.56. The van der Waals surface area contributed by atoms with Crippen molar-refractivity contribution in [2.24, 2.45) is 0 Å². The van der Waals surface area contributed by atoms with Gasteiger partial charge >= 0.3 is 0 Å². The molecule has 0 amide bonds. The summed E-state index contributed by atoms with van der Waals surface area (Å²) in [7, 11) is 0. The van der Waals surface area contributed by atoms with Crippen LogP contribution in [0.2, 0.25) is 0 Å². The summed E-state index contributed by atoms with van der Waals surface area (Å²) < 4.78 is 23.2. The summed E-state index contributed by atoms with van der Waals surface area (Å²) in [4.78, 5) is 0. The number of nitrogens with two attached hydrogens (primary N) is 1. The van der Waals surface area contributed by atoms with Crippen LogP contribution < -0.4 is 5.73 Å². The number of nitrogens with zero attached hydrogens (tertiary/aromatic N) is 2. The highest BCUT2D eigenvalue weighted by molar-refractivity contribution is 5.30. The first-order chi connectivity index (χ1) is 10.3. The average Bonchev–Trinajstić information content (AvgIpc) is 2.89. The number of ether oxygens (including phenoxy) is 4. The highest BCUT2D eigenvalue weighted by Crippen LogP contribution is 1.97. The highest BCUT2D eigenvalue weighted by Gasteiger charge is 1.95. The second-order valence-corrected chi connectivity index (χ2v) is 4.49. The van der Waals surface area contributed by atoms with E-state index in [1.54, 1.807) is 17.1 Å². The van der Waals surface area contributed by atoms with Crippen LogP contribution in [-0.4, -0.2) is 62.6 Å². The Hall–Kier alpha value is -1.15. The molecular weight excluding hydrogens is 274 g/mol. The molecule has 7 nitrogen and oxygen atoms in total. The summed E-state index contributed by atoms with van der Waals surface area (Å²) in [5, 5.41) is 4.06. The van der Waals surface area contributed by atoms with Gasteiger partial charge in [0.15, 0.2) is 0 Å². The quantitative estimate of drug-likeness (QED) is 0.515. The van der Waals surface area contributed by atoms with Crippen LogP contribution >= 0.6 is 0 Å². The van der Waals surface area contributed by atoms with E-state index in [9.17, 15) is 0 Å². The Balaban J connectivity index is 1.74. The molecular formula is C14H27N3O4. The van der Waals surface area contributed by atoms with Gasteiger partial charge in [-0.2, -0.15) is 5.10 Å². The topological polar surface area (TPSA) is 80.8 Å². The van der Waals surface area contributed by atoms with E-state index in [1.165, 1.54) is 0 Å². The van der Waals surface area contributed by atoms with Crippen LogP contribution in [0.25, 0.3) is 0 Å². The molecule has 1 aromatic heterocycles. The summed E-state index contributed by atoms with van der Waals surface area (Å²) in [6.45, 7) is 7.72. The first-order valence-corrected chi connectivity index (χ1v) is 7.42. The number of aromatic nitrogens is 2. The molecule has 0 aromatic carbocycles. The van der Waals surface area contributed by atoms with E-state index in [2.05, 4.69) is 12.0 Å². The fourth-order valence-electron chi connectivity index (χ4n) is 1.57. The van der Waals surface area contributed by atoms with Crippen molar-refractivity contribution in [3.63, 3.8) is 0 Å². The Morgan fingerprint density at radius 1 is 0.905 bits per heavy atom. The summed E-state index contributed by atoms with van der Waals surface area (Å²) in [6, 6.07) is 0. The van der Waals surface area contributed by atoms with Crippen molar-refractivity contribution in [2.45, 2.75) is 19.9 Å². The number of hydrogen-bond donors (Lipinski definition) is 1. The molecule has 0 aliphatic rings. The average molecular weight is 301 g/mol. The highest BCUT2D eigenvalue weighted by atomic mass is 16.6. The molecule has 0 spiro atoms. The molecule has 0 atom stereocenters. The molecule has 1 aromatic rings. The predicted octanol–water partition coefficient (Wildman–Crippen LogP) is 0.942. The molecule has 0 fully saturated rings. The maximum atomic E-state index is 5.56. The molecule has 0 aliphatic heterocycles. The third-order valence-electron chi connectivity index (χ3n) is 2.58. The molecule has 2 N–H and O–H groups in total. The van der Waals surface area contributed by atoms with Gasteiger partial charge in [-0.05, 0) is 6.42 Å². The van der Waals surface area contributed by atoms with Crippen LogP contribution in [0.1, 0.15) is 13.3 Å². The molecule has 0 bridgehead atoms. The number of nitrogen functional groups attached to an aromatic ring is 1. The SMILES string of the molecule is CCCOCCOCCOCCOCCn1cc(N)cn1. The molecule has 122 valence electrons. The van der Waals surface area contributed by atoms with Gasteiger partial charge < -0.3 is 24.7 Å². The Bertz CT molecular complexity index is 347. The van der Waals surface area contributed by atoms with Crippen LogP contribution in [0.4, 0.5) is 5.69 Å². The third-order valence-corrected chi connectivity index (χ3v) is 2.58. The lowest BCUT2D eigenvalue weighted by molar-refractivity contribution is -0.00266. The molecule has 21 heavy (non-hydrogen) atoms. The van der Waals surface area contributed by atoms with Crippen LogP contribution in [0, 0.1) is 0 Å². The predicted molar refractivity (Wildman–Crippen MR) is 80.2 cm³/mol. The molecule has 0 saturated heterocycles. The summed E-state index contributed by atoms with van der Waals surface area (Å²) in [6.07, 6.45) is 4.44. The Labute approximate surface area is 126 Å². The zero-order valence-corrected chi connectivity index (χ0v) is 12.8. The van der Waals surface area contributed by atoms with E-state index in [1.807, 2.05) is 0 Å². The van der Waals surface area contributed by atoms with Crippen molar-refractivity contribution < 1.29 is 18.9 Å². The number of anilines is 1. The van der Waals surface area contributed by atoms with Gasteiger partial charge in [0.05, 0.1) is 64.7 Å².